The largest absolute Gasteiger partial charge is 0.460 e. The highest BCUT2D eigenvalue weighted by atomic mass is 19.1. The van der Waals surface area contributed by atoms with Gasteiger partial charge in [0.25, 0.3) is 0 Å². The Morgan fingerprint density at radius 1 is 1.04 bits per heavy atom. The van der Waals surface area contributed by atoms with Crippen LogP contribution in [0.3, 0.4) is 0 Å². The van der Waals surface area contributed by atoms with Crippen LogP contribution in [0.2, 0.25) is 0 Å². The van der Waals surface area contributed by atoms with Crippen LogP contribution < -0.4 is 4.74 Å². The average Bonchev–Trinajstić information content (AvgIpc) is 2.90. The van der Waals surface area contributed by atoms with Crippen LogP contribution in [-0.2, 0) is 4.74 Å². The number of fused-ring (bicyclic) bond motifs is 1. The molecule has 2 aromatic carbocycles. The van der Waals surface area contributed by atoms with Crippen molar-refractivity contribution >= 4 is 22.9 Å². The highest BCUT2D eigenvalue weighted by Gasteiger charge is 2.21. The zero-order valence-electron chi connectivity index (χ0n) is 14.5. The van der Waals surface area contributed by atoms with Gasteiger partial charge in [0.2, 0.25) is 0 Å². The Morgan fingerprint density at radius 2 is 1.73 bits per heavy atom. The predicted octanol–water partition coefficient (Wildman–Crippen LogP) is 4.66. The van der Waals surface area contributed by atoms with E-state index in [1.165, 1.54) is 24.3 Å². The van der Waals surface area contributed by atoms with Crippen molar-refractivity contribution in [3.05, 3.63) is 65.2 Å². The summed E-state index contributed by atoms with van der Waals surface area (Å²) >= 11 is 0. The van der Waals surface area contributed by atoms with Crippen LogP contribution in [0.25, 0.3) is 11.0 Å². The van der Waals surface area contributed by atoms with E-state index in [9.17, 15) is 14.0 Å². The zero-order chi connectivity index (χ0) is 18.8. The van der Waals surface area contributed by atoms with Gasteiger partial charge in [-0.3, -0.25) is 0 Å². The zero-order valence-corrected chi connectivity index (χ0v) is 14.5. The van der Waals surface area contributed by atoms with E-state index < -0.39 is 17.8 Å². The van der Waals surface area contributed by atoms with Crippen molar-refractivity contribution in [2.45, 2.75) is 26.9 Å². The van der Waals surface area contributed by atoms with Crippen molar-refractivity contribution in [1.29, 1.82) is 0 Å². The van der Waals surface area contributed by atoms with E-state index in [0.29, 0.717) is 22.3 Å². The third-order valence-electron chi connectivity index (χ3n) is 3.67. The monoisotopic (exact) mass is 356 g/mol. The number of ether oxygens (including phenoxy) is 2. The van der Waals surface area contributed by atoms with Crippen molar-refractivity contribution < 1.29 is 27.9 Å². The first-order valence-electron chi connectivity index (χ1n) is 8.07. The van der Waals surface area contributed by atoms with Crippen LogP contribution in [0.4, 0.5) is 4.39 Å². The molecule has 3 rings (SSSR count). The highest BCUT2D eigenvalue weighted by Crippen LogP contribution is 2.30. The van der Waals surface area contributed by atoms with Gasteiger partial charge in [-0.05, 0) is 63.2 Å². The number of aryl methyl sites for hydroxylation is 1. The Bertz CT molecular complexity index is 970. The van der Waals surface area contributed by atoms with Gasteiger partial charge in [0.1, 0.15) is 28.5 Å². The molecule has 0 saturated heterocycles. The van der Waals surface area contributed by atoms with Crippen LogP contribution in [0, 0.1) is 12.7 Å². The number of hydrogen-bond acceptors (Lipinski definition) is 5. The number of hydrogen-bond donors (Lipinski definition) is 0. The lowest BCUT2D eigenvalue weighted by Gasteiger charge is -2.08. The number of carbonyl (C=O) groups excluding carboxylic acids is 2. The second kappa shape index (κ2) is 7.00. The molecular weight excluding hydrogens is 339 g/mol. The second-order valence-electron chi connectivity index (χ2n) is 6.04. The fourth-order valence-electron chi connectivity index (χ4n) is 2.54. The third-order valence-corrected chi connectivity index (χ3v) is 3.67. The van der Waals surface area contributed by atoms with Crippen molar-refractivity contribution in [2.75, 3.05) is 0 Å². The second-order valence-corrected chi connectivity index (χ2v) is 6.04. The van der Waals surface area contributed by atoms with Crippen LogP contribution in [0.1, 0.15) is 40.3 Å². The van der Waals surface area contributed by atoms with Crippen LogP contribution in [-0.4, -0.2) is 18.0 Å². The minimum Gasteiger partial charge on any atom is -0.460 e. The molecule has 3 aromatic rings. The fraction of sp³-hybridized carbons (Fsp3) is 0.200. The van der Waals surface area contributed by atoms with Gasteiger partial charge in [-0.1, -0.05) is 0 Å². The molecule has 0 atom stereocenters. The molecule has 0 aliphatic heterocycles. The van der Waals surface area contributed by atoms with E-state index in [0.717, 1.165) is 0 Å². The SMILES string of the molecule is Cc1oc2ccc(OC(=O)c3ccc(F)cc3)cc2c1C(=O)OC(C)C. The van der Waals surface area contributed by atoms with Gasteiger partial charge >= 0.3 is 11.9 Å². The molecule has 0 N–H and O–H groups in total. The van der Waals surface area contributed by atoms with Crippen molar-refractivity contribution in [3.63, 3.8) is 0 Å². The fourth-order valence-corrected chi connectivity index (χ4v) is 2.54. The Morgan fingerprint density at radius 3 is 2.38 bits per heavy atom. The summed E-state index contributed by atoms with van der Waals surface area (Å²) in [5.74, 6) is -0.904. The summed E-state index contributed by atoms with van der Waals surface area (Å²) in [7, 11) is 0. The van der Waals surface area contributed by atoms with Gasteiger partial charge in [-0.25, -0.2) is 14.0 Å². The molecule has 26 heavy (non-hydrogen) atoms. The molecule has 5 nitrogen and oxygen atoms in total. The molecule has 0 fully saturated rings. The van der Waals surface area contributed by atoms with Gasteiger partial charge in [0.05, 0.1) is 11.7 Å². The quantitative estimate of drug-likeness (QED) is 0.502. The van der Waals surface area contributed by atoms with E-state index in [1.807, 2.05) is 0 Å². The van der Waals surface area contributed by atoms with Crippen LogP contribution in [0.5, 0.6) is 5.75 Å². The Hall–Kier alpha value is -3.15. The number of furan rings is 1. The van der Waals surface area contributed by atoms with Crippen molar-refractivity contribution in [3.8, 4) is 5.75 Å². The first-order chi connectivity index (χ1) is 12.3. The number of halogens is 1. The minimum absolute atomic E-state index is 0.217. The molecule has 0 spiro atoms. The molecule has 134 valence electrons. The van der Waals surface area contributed by atoms with Gasteiger partial charge in [-0.2, -0.15) is 0 Å². The summed E-state index contributed by atoms with van der Waals surface area (Å²) in [5.41, 5.74) is 1.00. The van der Waals surface area contributed by atoms with Gasteiger partial charge in [0.15, 0.2) is 0 Å². The lowest BCUT2D eigenvalue weighted by atomic mass is 10.1. The minimum atomic E-state index is -0.629. The molecular formula is C20H17FO5. The first-order valence-corrected chi connectivity index (χ1v) is 8.07. The van der Waals surface area contributed by atoms with E-state index in [1.54, 1.807) is 39.0 Å². The molecule has 0 aliphatic rings. The van der Waals surface area contributed by atoms with Gasteiger partial charge < -0.3 is 13.9 Å². The summed E-state index contributed by atoms with van der Waals surface area (Å²) in [6.07, 6.45) is -0.272. The van der Waals surface area contributed by atoms with Crippen LogP contribution >= 0.6 is 0 Å². The number of esters is 2. The molecule has 1 aromatic heterocycles. The summed E-state index contributed by atoms with van der Waals surface area (Å²) < 4.78 is 29.1. The predicted molar refractivity (Wildman–Crippen MR) is 92.9 cm³/mol. The Balaban J connectivity index is 1.92. The highest BCUT2D eigenvalue weighted by molar-refractivity contribution is 6.05. The third kappa shape index (κ3) is 3.59. The maximum Gasteiger partial charge on any atom is 0.343 e. The summed E-state index contributed by atoms with van der Waals surface area (Å²) in [4.78, 5) is 24.5. The van der Waals surface area contributed by atoms with Crippen molar-refractivity contribution in [1.82, 2.24) is 0 Å². The number of rotatable bonds is 4. The molecule has 0 radical (unpaired) electrons. The standard InChI is InChI=1S/C20H17FO5/c1-11(2)24-20(23)18-12(3)25-17-9-8-15(10-16(17)18)26-19(22)13-4-6-14(21)7-5-13/h4-11H,1-3H3. The Kier molecular flexibility index (Phi) is 4.75. The van der Waals surface area contributed by atoms with E-state index in [2.05, 4.69) is 0 Å². The molecule has 0 amide bonds. The van der Waals surface area contributed by atoms with E-state index >= 15 is 0 Å². The normalized spacial score (nSPS) is 11.0. The first kappa shape index (κ1) is 17.7. The maximum absolute atomic E-state index is 13.0. The lowest BCUT2D eigenvalue weighted by Crippen LogP contribution is -2.12. The topological polar surface area (TPSA) is 65.7 Å². The van der Waals surface area contributed by atoms with E-state index in [-0.39, 0.29) is 17.4 Å². The van der Waals surface area contributed by atoms with Gasteiger partial charge in [0, 0.05) is 5.39 Å². The molecule has 0 saturated carbocycles. The number of carbonyl (C=O) groups is 2. The molecule has 0 aliphatic carbocycles. The molecule has 0 unspecified atom stereocenters. The summed E-state index contributed by atoms with van der Waals surface area (Å²) in [6, 6.07) is 9.75. The average molecular weight is 356 g/mol. The van der Waals surface area contributed by atoms with Crippen molar-refractivity contribution in [2.24, 2.45) is 0 Å². The number of benzene rings is 2. The summed E-state index contributed by atoms with van der Waals surface area (Å²) in [6.45, 7) is 5.18. The maximum atomic E-state index is 13.0. The molecule has 6 heteroatoms. The Labute approximate surface area is 149 Å². The summed E-state index contributed by atoms with van der Waals surface area (Å²) in [5, 5.41) is 0.498. The lowest BCUT2D eigenvalue weighted by molar-refractivity contribution is 0.0378. The smallest absolute Gasteiger partial charge is 0.343 e. The molecule has 1 heterocycles. The molecule has 0 bridgehead atoms. The van der Waals surface area contributed by atoms with E-state index in [4.69, 9.17) is 13.9 Å². The van der Waals surface area contributed by atoms with Crippen LogP contribution in [0.15, 0.2) is 46.9 Å². The van der Waals surface area contributed by atoms with Gasteiger partial charge in [-0.15, -0.1) is 0 Å².